The summed E-state index contributed by atoms with van der Waals surface area (Å²) in [4.78, 5) is 2.52. The maximum atomic E-state index is 5.80. The molecule has 0 aromatic carbocycles. The number of alkyl halides is 1. The molecule has 0 spiro atoms. The van der Waals surface area contributed by atoms with Gasteiger partial charge >= 0.3 is 0 Å². The van der Waals surface area contributed by atoms with Gasteiger partial charge in [0.05, 0.1) is 11.4 Å². The first-order valence-corrected chi connectivity index (χ1v) is 7.06. The third-order valence-electron chi connectivity index (χ3n) is 3.66. The fourth-order valence-corrected chi connectivity index (χ4v) is 2.88. The van der Waals surface area contributed by atoms with Crippen molar-refractivity contribution < 1.29 is 0 Å². The quantitative estimate of drug-likeness (QED) is 0.754. The number of likely N-dealkylation sites (tertiary alicyclic amines) is 1. The molecular weight excluding hydrogens is 234 g/mol. The van der Waals surface area contributed by atoms with Gasteiger partial charge in [-0.1, -0.05) is 6.92 Å². The van der Waals surface area contributed by atoms with E-state index in [-0.39, 0.29) is 0 Å². The Morgan fingerprint density at radius 1 is 1.53 bits per heavy atom. The molecule has 1 fully saturated rings. The summed E-state index contributed by atoms with van der Waals surface area (Å²) in [6.07, 6.45) is 3.47. The molecule has 0 N–H and O–H groups in total. The number of aromatic nitrogens is 2. The Morgan fingerprint density at radius 2 is 2.35 bits per heavy atom. The zero-order valence-corrected chi connectivity index (χ0v) is 11.6. The first-order valence-electron chi connectivity index (χ1n) is 6.53. The van der Waals surface area contributed by atoms with Crippen molar-refractivity contribution in [3.05, 3.63) is 17.5 Å². The summed E-state index contributed by atoms with van der Waals surface area (Å²) in [5, 5.41) is 4.50. The monoisotopic (exact) mass is 255 g/mol. The van der Waals surface area contributed by atoms with E-state index in [9.17, 15) is 0 Å². The number of rotatable bonds is 5. The van der Waals surface area contributed by atoms with Gasteiger partial charge in [0.2, 0.25) is 0 Å². The van der Waals surface area contributed by atoms with Crippen LogP contribution in [0.2, 0.25) is 0 Å². The van der Waals surface area contributed by atoms with Crippen molar-refractivity contribution >= 4 is 11.6 Å². The van der Waals surface area contributed by atoms with Crippen molar-refractivity contribution in [2.45, 2.75) is 32.7 Å². The Bertz CT molecular complexity index is 362. The van der Waals surface area contributed by atoms with Crippen LogP contribution in [0.3, 0.4) is 0 Å². The van der Waals surface area contributed by atoms with Gasteiger partial charge in [0, 0.05) is 26.0 Å². The Balaban J connectivity index is 1.90. The van der Waals surface area contributed by atoms with Crippen molar-refractivity contribution in [1.82, 2.24) is 14.7 Å². The molecule has 0 bridgehead atoms. The minimum absolute atomic E-state index is 0.796. The number of hydrogen-bond donors (Lipinski definition) is 0. The first-order chi connectivity index (χ1) is 8.22. The van der Waals surface area contributed by atoms with Gasteiger partial charge in [-0.2, -0.15) is 5.10 Å². The molecule has 2 rings (SSSR count). The molecule has 1 aliphatic heterocycles. The standard InChI is InChI=1S/C13H22ClN3/c1-3-12-8-13(16(2)15-12)10-17-7-5-11(9-17)4-6-14/h8,11H,3-7,9-10H2,1-2H3. The largest absolute Gasteiger partial charge is 0.297 e. The van der Waals surface area contributed by atoms with E-state index >= 15 is 0 Å². The van der Waals surface area contributed by atoms with Gasteiger partial charge < -0.3 is 0 Å². The summed E-state index contributed by atoms with van der Waals surface area (Å²) in [5.41, 5.74) is 2.52. The summed E-state index contributed by atoms with van der Waals surface area (Å²) in [6, 6.07) is 2.23. The van der Waals surface area contributed by atoms with Crippen molar-refractivity contribution in [3.63, 3.8) is 0 Å². The van der Waals surface area contributed by atoms with Crippen molar-refractivity contribution in [2.24, 2.45) is 13.0 Å². The second kappa shape index (κ2) is 5.87. The van der Waals surface area contributed by atoms with Crippen molar-refractivity contribution in [3.8, 4) is 0 Å². The van der Waals surface area contributed by atoms with Gasteiger partial charge in [-0.05, 0) is 37.8 Å². The van der Waals surface area contributed by atoms with E-state index in [1.807, 2.05) is 11.7 Å². The number of halogens is 1. The van der Waals surface area contributed by atoms with Crippen LogP contribution in [-0.4, -0.2) is 33.6 Å². The van der Waals surface area contributed by atoms with Crippen molar-refractivity contribution in [1.29, 1.82) is 0 Å². The minimum atomic E-state index is 0.796. The molecule has 1 unspecified atom stereocenters. The maximum Gasteiger partial charge on any atom is 0.0625 e. The predicted octanol–water partition coefficient (Wildman–Crippen LogP) is 2.43. The molecule has 0 radical (unpaired) electrons. The average Bonchev–Trinajstić information content (AvgIpc) is 2.88. The van der Waals surface area contributed by atoms with Gasteiger partial charge in [-0.3, -0.25) is 9.58 Å². The fraction of sp³-hybridized carbons (Fsp3) is 0.769. The van der Waals surface area contributed by atoms with Crippen LogP contribution < -0.4 is 0 Å². The summed E-state index contributed by atoms with van der Waals surface area (Å²) >= 11 is 5.80. The highest BCUT2D eigenvalue weighted by molar-refractivity contribution is 6.17. The third-order valence-corrected chi connectivity index (χ3v) is 3.88. The Labute approximate surface area is 109 Å². The molecule has 0 amide bonds. The minimum Gasteiger partial charge on any atom is -0.297 e. The SMILES string of the molecule is CCc1cc(CN2CCC(CCCl)C2)n(C)n1. The zero-order chi connectivity index (χ0) is 12.3. The van der Waals surface area contributed by atoms with Crippen LogP contribution in [0.4, 0.5) is 0 Å². The normalized spacial score (nSPS) is 21.2. The second-order valence-corrected chi connectivity index (χ2v) is 5.35. The van der Waals surface area contributed by atoms with Crippen LogP contribution in [0.5, 0.6) is 0 Å². The number of hydrogen-bond acceptors (Lipinski definition) is 2. The second-order valence-electron chi connectivity index (χ2n) is 4.97. The van der Waals surface area contributed by atoms with Gasteiger partial charge in [0.15, 0.2) is 0 Å². The highest BCUT2D eigenvalue weighted by atomic mass is 35.5. The smallest absolute Gasteiger partial charge is 0.0625 e. The number of aryl methyl sites for hydroxylation is 2. The molecule has 0 saturated carbocycles. The van der Waals surface area contributed by atoms with Crippen LogP contribution in [0.25, 0.3) is 0 Å². The lowest BCUT2D eigenvalue weighted by Crippen LogP contribution is -2.21. The Morgan fingerprint density at radius 3 is 3.00 bits per heavy atom. The van der Waals surface area contributed by atoms with Crippen LogP contribution in [0, 0.1) is 5.92 Å². The van der Waals surface area contributed by atoms with Crippen LogP contribution in [-0.2, 0) is 20.0 Å². The lowest BCUT2D eigenvalue weighted by molar-refractivity contribution is 0.306. The summed E-state index contributed by atoms with van der Waals surface area (Å²) < 4.78 is 2.02. The summed E-state index contributed by atoms with van der Waals surface area (Å²) in [5.74, 6) is 1.59. The lowest BCUT2D eigenvalue weighted by atomic mass is 10.1. The third kappa shape index (κ3) is 3.23. The highest BCUT2D eigenvalue weighted by Crippen LogP contribution is 2.21. The average molecular weight is 256 g/mol. The Hall–Kier alpha value is -0.540. The van der Waals surface area contributed by atoms with E-state index < -0.39 is 0 Å². The van der Waals surface area contributed by atoms with Gasteiger partial charge in [0.1, 0.15) is 0 Å². The van der Waals surface area contributed by atoms with E-state index in [0.717, 1.165) is 31.2 Å². The van der Waals surface area contributed by atoms with Gasteiger partial charge in [0.25, 0.3) is 0 Å². The van der Waals surface area contributed by atoms with Crippen molar-refractivity contribution in [2.75, 3.05) is 19.0 Å². The molecule has 1 atom stereocenters. The van der Waals surface area contributed by atoms with E-state index in [0.29, 0.717) is 0 Å². The molecule has 17 heavy (non-hydrogen) atoms. The fourth-order valence-electron chi connectivity index (χ4n) is 2.57. The van der Waals surface area contributed by atoms with Crippen LogP contribution in [0.15, 0.2) is 6.07 Å². The topological polar surface area (TPSA) is 21.1 Å². The van der Waals surface area contributed by atoms with E-state index in [4.69, 9.17) is 11.6 Å². The molecule has 3 nitrogen and oxygen atoms in total. The predicted molar refractivity (Wildman–Crippen MR) is 71.3 cm³/mol. The molecule has 0 aliphatic carbocycles. The number of nitrogens with zero attached hydrogens (tertiary/aromatic N) is 3. The van der Waals surface area contributed by atoms with E-state index in [2.05, 4.69) is 23.0 Å². The van der Waals surface area contributed by atoms with E-state index in [1.54, 1.807) is 0 Å². The molecule has 96 valence electrons. The highest BCUT2D eigenvalue weighted by Gasteiger charge is 2.22. The van der Waals surface area contributed by atoms with Crippen LogP contribution in [0.1, 0.15) is 31.2 Å². The summed E-state index contributed by atoms with van der Waals surface area (Å²) in [6.45, 7) is 5.58. The lowest BCUT2D eigenvalue weighted by Gasteiger charge is -2.15. The molecule has 1 aromatic heterocycles. The Kier molecular flexibility index (Phi) is 4.46. The van der Waals surface area contributed by atoms with E-state index in [1.165, 1.54) is 30.9 Å². The molecule has 1 aliphatic rings. The molecule has 4 heteroatoms. The van der Waals surface area contributed by atoms with Gasteiger partial charge in [-0.15, -0.1) is 11.6 Å². The van der Waals surface area contributed by atoms with Crippen LogP contribution >= 0.6 is 11.6 Å². The van der Waals surface area contributed by atoms with Gasteiger partial charge in [-0.25, -0.2) is 0 Å². The molecule has 2 heterocycles. The molecule has 1 aromatic rings. The summed E-state index contributed by atoms with van der Waals surface area (Å²) in [7, 11) is 2.04. The molecule has 1 saturated heterocycles. The zero-order valence-electron chi connectivity index (χ0n) is 10.8. The molecular formula is C13H22ClN3. The first kappa shape index (κ1) is 12.9. The maximum absolute atomic E-state index is 5.80.